The Morgan fingerprint density at radius 2 is 1.93 bits per heavy atom. The number of rotatable bonds is 3. The van der Waals surface area contributed by atoms with E-state index >= 15 is 0 Å². The highest BCUT2D eigenvalue weighted by Crippen LogP contribution is 2.18. The quantitative estimate of drug-likeness (QED) is 0.846. The smallest absolute Gasteiger partial charge is 0.159 e. The molecule has 1 aromatic carbocycles. The van der Waals surface area contributed by atoms with Gasteiger partial charge in [0.15, 0.2) is 11.6 Å². The SMILES string of the molecule is CC[C@@H](O)[C@@H](N)c1ccc(F)c(F)c1.Cl. The van der Waals surface area contributed by atoms with Crippen LogP contribution in [-0.4, -0.2) is 11.2 Å². The van der Waals surface area contributed by atoms with E-state index in [4.69, 9.17) is 5.73 Å². The third kappa shape index (κ3) is 3.41. The monoisotopic (exact) mass is 237 g/mol. The summed E-state index contributed by atoms with van der Waals surface area (Å²) in [7, 11) is 0. The van der Waals surface area contributed by atoms with Crippen molar-refractivity contribution in [1.82, 2.24) is 0 Å². The van der Waals surface area contributed by atoms with Gasteiger partial charge in [-0.3, -0.25) is 0 Å². The Morgan fingerprint density at radius 3 is 2.40 bits per heavy atom. The molecule has 0 aliphatic heterocycles. The zero-order valence-electron chi connectivity index (χ0n) is 8.28. The summed E-state index contributed by atoms with van der Waals surface area (Å²) in [5.74, 6) is -1.85. The lowest BCUT2D eigenvalue weighted by molar-refractivity contribution is 0.140. The van der Waals surface area contributed by atoms with Crippen molar-refractivity contribution in [2.75, 3.05) is 0 Å². The van der Waals surface area contributed by atoms with Gasteiger partial charge in [0.25, 0.3) is 0 Å². The lowest BCUT2D eigenvalue weighted by Crippen LogP contribution is -2.25. The molecule has 3 N–H and O–H groups in total. The van der Waals surface area contributed by atoms with Crippen molar-refractivity contribution < 1.29 is 13.9 Å². The molecule has 0 aliphatic carbocycles. The Hall–Kier alpha value is -0.710. The molecule has 15 heavy (non-hydrogen) atoms. The van der Waals surface area contributed by atoms with E-state index in [1.54, 1.807) is 6.92 Å². The van der Waals surface area contributed by atoms with E-state index in [1.807, 2.05) is 0 Å². The van der Waals surface area contributed by atoms with Gasteiger partial charge in [0.1, 0.15) is 0 Å². The van der Waals surface area contributed by atoms with E-state index in [1.165, 1.54) is 6.07 Å². The summed E-state index contributed by atoms with van der Waals surface area (Å²) in [5.41, 5.74) is 6.03. The Morgan fingerprint density at radius 1 is 1.33 bits per heavy atom. The van der Waals surface area contributed by atoms with Crippen LogP contribution in [0, 0.1) is 11.6 Å². The highest BCUT2D eigenvalue weighted by Gasteiger charge is 2.16. The average Bonchev–Trinajstić information content (AvgIpc) is 2.20. The maximum absolute atomic E-state index is 12.8. The molecule has 0 amide bonds. The highest BCUT2D eigenvalue weighted by atomic mass is 35.5. The van der Waals surface area contributed by atoms with Gasteiger partial charge in [0.05, 0.1) is 12.1 Å². The van der Waals surface area contributed by atoms with Crippen LogP contribution in [0.25, 0.3) is 0 Å². The third-order valence-corrected chi connectivity index (χ3v) is 2.16. The van der Waals surface area contributed by atoms with Gasteiger partial charge in [-0.15, -0.1) is 12.4 Å². The predicted molar refractivity (Wildman–Crippen MR) is 56.8 cm³/mol. The number of hydrogen-bond donors (Lipinski definition) is 2. The minimum Gasteiger partial charge on any atom is -0.391 e. The van der Waals surface area contributed by atoms with Crippen LogP contribution in [0.1, 0.15) is 24.9 Å². The van der Waals surface area contributed by atoms with Crippen molar-refractivity contribution in [3.05, 3.63) is 35.4 Å². The molecule has 0 fully saturated rings. The number of hydrogen-bond acceptors (Lipinski definition) is 2. The number of halogens is 3. The molecule has 0 spiro atoms. The van der Waals surface area contributed by atoms with Crippen LogP contribution in [-0.2, 0) is 0 Å². The minimum atomic E-state index is -0.943. The van der Waals surface area contributed by atoms with Gasteiger partial charge in [-0.25, -0.2) is 8.78 Å². The third-order valence-electron chi connectivity index (χ3n) is 2.16. The lowest BCUT2D eigenvalue weighted by Gasteiger charge is -2.17. The highest BCUT2D eigenvalue weighted by molar-refractivity contribution is 5.85. The molecule has 0 bridgehead atoms. The molecule has 0 saturated carbocycles. The Balaban J connectivity index is 0.00000196. The standard InChI is InChI=1S/C10H13F2NO.ClH/c1-2-9(14)10(13)6-3-4-7(11)8(12)5-6;/h3-5,9-10,14H,2,13H2,1H3;1H/t9-,10+;/m1./s1. The molecule has 2 atom stereocenters. The fourth-order valence-corrected chi connectivity index (χ4v) is 1.20. The molecule has 0 unspecified atom stereocenters. The second kappa shape index (κ2) is 6.00. The van der Waals surface area contributed by atoms with Crippen molar-refractivity contribution in [3.8, 4) is 0 Å². The molecule has 1 aromatic rings. The average molecular weight is 238 g/mol. The van der Waals surface area contributed by atoms with E-state index in [0.29, 0.717) is 12.0 Å². The molecular weight excluding hydrogens is 224 g/mol. The second-order valence-electron chi connectivity index (χ2n) is 3.17. The van der Waals surface area contributed by atoms with Crippen LogP contribution < -0.4 is 5.73 Å². The Kier molecular flexibility index (Phi) is 5.72. The van der Waals surface area contributed by atoms with Crippen molar-refractivity contribution in [2.24, 2.45) is 5.73 Å². The molecule has 0 saturated heterocycles. The fourth-order valence-electron chi connectivity index (χ4n) is 1.20. The second-order valence-corrected chi connectivity index (χ2v) is 3.17. The molecule has 0 aromatic heterocycles. The topological polar surface area (TPSA) is 46.2 Å². The first-order valence-electron chi connectivity index (χ1n) is 4.44. The Labute approximate surface area is 93.5 Å². The first kappa shape index (κ1) is 14.3. The largest absolute Gasteiger partial charge is 0.391 e. The van der Waals surface area contributed by atoms with E-state index < -0.39 is 23.8 Å². The molecule has 86 valence electrons. The van der Waals surface area contributed by atoms with Gasteiger partial charge in [-0.1, -0.05) is 13.0 Å². The van der Waals surface area contributed by atoms with E-state index in [-0.39, 0.29) is 12.4 Å². The summed E-state index contributed by atoms with van der Waals surface area (Å²) in [6.07, 6.45) is -0.264. The molecule has 0 radical (unpaired) electrons. The van der Waals surface area contributed by atoms with Crippen LogP contribution in [0.2, 0.25) is 0 Å². The van der Waals surface area contributed by atoms with Crippen LogP contribution in [0.4, 0.5) is 8.78 Å². The number of aliphatic hydroxyl groups is 1. The van der Waals surface area contributed by atoms with Crippen LogP contribution >= 0.6 is 12.4 Å². The van der Waals surface area contributed by atoms with E-state index in [2.05, 4.69) is 0 Å². The van der Waals surface area contributed by atoms with Crippen LogP contribution in [0.5, 0.6) is 0 Å². The summed E-state index contributed by atoms with van der Waals surface area (Å²) in [5, 5.41) is 9.40. The first-order valence-corrected chi connectivity index (χ1v) is 4.44. The minimum absolute atomic E-state index is 0. The van der Waals surface area contributed by atoms with Crippen LogP contribution in [0.15, 0.2) is 18.2 Å². The molecule has 1 rings (SSSR count). The number of nitrogens with two attached hydrogens (primary N) is 1. The van der Waals surface area contributed by atoms with E-state index in [0.717, 1.165) is 12.1 Å². The molecular formula is C10H14ClF2NO. The van der Waals surface area contributed by atoms with Gasteiger partial charge in [0.2, 0.25) is 0 Å². The molecule has 0 heterocycles. The van der Waals surface area contributed by atoms with Gasteiger partial charge in [0, 0.05) is 0 Å². The number of aliphatic hydroxyl groups excluding tert-OH is 1. The van der Waals surface area contributed by atoms with Crippen molar-refractivity contribution in [1.29, 1.82) is 0 Å². The molecule has 5 heteroatoms. The fraction of sp³-hybridized carbons (Fsp3) is 0.400. The van der Waals surface area contributed by atoms with Crippen LogP contribution in [0.3, 0.4) is 0 Å². The summed E-state index contributed by atoms with van der Waals surface area (Å²) in [4.78, 5) is 0. The molecule has 0 aliphatic rings. The predicted octanol–water partition coefficient (Wildman–Crippen LogP) is 2.16. The normalized spacial score (nSPS) is 14.2. The first-order chi connectivity index (χ1) is 6.56. The van der Waals surface area contributed by atoms with E-state index in [9.17, 15) is 13.9 Å². The summed E-state index contributed by atoms with van der Waals surface area (Å²) < 4.78 is 25.4. The maximum Gasteiger partial charge on any atom is 0.159 e. The van der Waals surface area contributed by atoms with Crippen molar-refractivity contribution in [3.63, 3.8) is 0 Å². The molecule has 2 nitrogen and oxygen atoms in total. The van der Waals surface area contributed by atoms with Crippen molar-refractivity contribution in [2.45, 2.75) is 25.5 Å². The lowest BCUT2D eigenvalue weighted by atomic mass is 10.0. The summed E-state index contributed by atoms with van der Waals surface area (Å²) in [6.45, 7) is 1.77. The number of benzene rings is 1. The Bertz CT molecular complexity index is 322. The van der Waals surface area contributed by atoms with Crippen molar-refractivity contribution >= 4 is 12.4 Å². The maximum atomic E-state index is 12.8. The zero-order chi connectivity index (χ0) is 10.7. The summed E-state index contributed by atoms with van der Waals surface area (Å²) in [6, 6.07) is 2.73. The van der Waals surface area contributed by atoms with Gasteiger partial charge >= 0.3 is 0 Å². The summed E-state index contributed by atoms with van der Waals surface area (Å²) >= 11 is 0. The van der Waals surface area contributed by atoms with Gasteiger partial charge in [-0.05, 0) is 24.1 Å². The zero-order valence-corrected chi connectivity index (χ0v) is 9.10. The van der Waals surface area contributed by atoms with Gasteiger partial charge < -0.3 is 10.8 Å². The van der Waals surface area contributed by atoms with Gasteiger partial charge in [-0.2, -0.15) is 0 Å².